The van der Waals surface area contributed by atoms with Crippen LogP contribution in [0.2, 0.25) is 0 Å². The molecule has 0 atom stereocenters. The monoisotopic (exact) mass is 412 g/mol. The van der Waals surface area contributed by atoms with E-state index in [4.69, 9.17) is 9.72 Å². The maximum Gasteiger partial charge on any atom is 0.119 e. The molecule has 0 fully saturated rings. The molecule has 0 aliphatic carbocycles. The molecule has 0 saturated carbocycles. The Morgan fingerprint density at radius 2 is 1.52 bits per heavy atom. The van der Waals surface area contributed by atoms with Gasteiger partial charge >= 0.3 is 0 Å². The van der Waals surface area contributed by atoms with Crippen LogP contribution in [0, 0.1) is 0 Å². The lowest BCUT2D eigenvalue weighted by molar-refractivity contribution is 0.303. The van der Waals surface area contributed by atoms with Crippen molar-refractivity contribution >= 4 is 11.0 Å². The van der Waals surface area contributed by atoms with Crippen LogP contribution in [-0.2, 0) is 18.4 Å². The molecule has 0 saturated heterocycles. The number of aryl methyl sites for hydroxylation is 1. The summed E-state index contributed by atoms with van der Waals surface area (Å²) in [5.74, 6) is 2.08. The van der Waals surface area contributed by atoms with Gasteiger partial charge in [-0.1, -0.05) is 75.4 Å². The minimum Gasteiger partial charge on any atom is -0.494 e. The lowest BCUT2D eigenvalue weighted by Crippen LogP contribution is -2.10. The second-order valence-electron chi connectivity index (χ2n) is 9.16. The summed E-state index contributed by atoms with van der Waals surface area (Å²) in [7, 11) is 0. The van der Waals surface area contributed by atoms with Crippen molar-refractivity contribution in [1.82, 2.24) is 9.55 Å². The first-order valence-electron chi connectivity index (χ1n) is 11.2. The number of aromatic nitrogens is 2. The van der Waals surface area contributed by atoms with E-state index in [-0.39, 0.29) is 5.41 Å². The van der Waals surface area contributed by atoms with Crippen molar-refractivity contribution in [2.24, 2.45) is 0 Å². The Hall–Kier alpha value is -3.07. The van der Waals surface area contributed by atoms with E-state index in [1.165, 1.54) is 16.6 Å². The molecule has 0 aliphatic rings. The van der Waals surface area contributed by atoms with Gasteiger partial charge < -0.3 is 9.30 Å². The largest absolute Gasteiger partial charge is 0.494 e. The van der Waals surface area contributed by atoms with Crippen molar-refractivity contribution in [2.75, 3.05) is 6.61 Å². The zero-order valence-electron chi connectivity index (χ0n) is 18.8. The average Bonchev–Trinajstić information content (AvgIpc) is 3.11. The Morgan fingerprint density at radius 1 is 0.806 bits per heavy atom. The summed E-state index contributed by atoms with van der Waals surface area (Å²) >= 11 is 0. The first kappa shape index (κ1) is 21.2. The van der Waals surface area contributed by atoms with E-state index in [9.17, 15) is 0 Å². The number of hydrogen-bond acceptors (Lipinski definition) is 2. The van der Waals surface area contributed by atoms with Crippen LogP contribution in [0.1, 0.15) is 50.6 Å². The molecule has 0 aliphatic heterocycles. The third-order valence-electron chi connectivity index (χ3n) is 5.70. The molecule has 0 bridgehead atoms. The fraction of sp³-hybridized carbons (Fsp3) is 0.321. The van der Waals surface area contributed by atoms with Gasteiger partial charge in [0.1, 0.15) is 11.6 Å². The van der Waals surface area contributed by atoms with Gasteiger partial charge in [0, 0.05) is 13.0 Å². The number of nitrogens with zero attached hydrogens (tertiary/aromatic N) is 2. The van der Waals surface area contributed by atoms with Crippen LogP contribution in [0.15, 0.2) is 78.9 Å². The molecular weight excluding hydrogens is 380 g/mol. The Bertz CT molecular complexity index is 1110. The average molecular weight is 413 g/mol. The third kappa shape index (κ3) is 5.35. The van der Waals surface area contributed by atoms with Gasteiger partial charge in [0.2, 0.25) is 0 Å². The Labute approximate surface area is 185 Å². The fourth-order valence-electron chi connectivity index (χ4n) is 3.90. The summed E-state index contributed by atoms with van der Waals surface area (Å²) in [6.07, 6.45) is 2.92. The quantitative estimate of drug-likeness (QED) is 0.298. The van der Waals surface area contributed by atoms with E-state index in [0.29, 0.717) is 0 Å². The van der Waals surface area contributed by atoms with Gasteiger partial charge in [0.05, 0.1) is 17.6 Å². The van der Waals surface area contributed by atoms with Crippen molar-refractivity contribution in [3.05, 3.63) is 95.8 Å². The fourth-order valence-corrected chi connectivity index (χ4v) is 3.90. The van der Waals surface area contributed by atoms with Gasteiger partial charge in [-0.05, 0) is 53.6 Å². The summed E-state index contributed by atoms with van der Waals surface area (Å²) in [6.45, 7) is 8.38. The molecule has 4 aromatic rings. The van der Waals surface area contributed by atoms with Crippen LogP contribution in [0.3, 0.4) is 0 Å². The molecule has 1 aromatic heterocycles. The van der Waals surface area contributed by atoms with Crippen LogP contribution in [0.25, 0.3) is 11.0 Å². The number of hydrogen-bond donors (Lipinski definition) is 0. The van der Waals surface area contributed by atoms with Crippen molar-refractivity contribution < 1.29 is 4.74 Å². The van der Waals surface area contributed by atoms with E-state index in [0.717, 1.165) is 49.5 Å². The molecule has 3 heteroatoms. The standard InChI is InChI=1S/C28H32N2O/c1-28(2,3)23-15-17-24(18-16-23)31-20-10-9-19-30-26-14-8-7-13-25(26)29-27(30)21-22-11-5-4-6-12-22/h4-8,11-18H,9-10,19-21H2,1-3H3. The number of ether oxygens (including phenoxy) is 1. The van der Waals surface area contributed by atoms with Crippen LogP contribution in [0.4, 0.5) is 0 Å². The van der Waals surface area contributed by atoms with Crippen LogP contribution >= 0.6 is 0 Å². The SMILES string of the molecule is CC(C)(C)c1ccc(OCCCCn2c(Cc3ccccc3)nc3ccccc32)cc1. The number of para-hydroxylation sites is 2. The number of benzene rings is 3. The van der Waals surface area contributed by atoms with Gasteiger partial charge in [0.25, 0.3) is 0 Å². The van der Waals surface area contributed by atoms with Gasteiger partial charge in [0.15, 0.2) is 0 Å². The molecular formula is C28H32N2O. The zero-order valence-corrected chi connectivity index (χ0v) is 18.8. The van der Waals surface area contributed by atoms with Gasteiger partial charge in [-0.2, -0.15) is 0 Å². The summed E-state index contributed by atoms with van der Waals surface area (Å²) in [5, 5.41) is 0. The maximum atomic E-state index is 5.98. The Morgan fingerprint density at radius 3 is 2.26 bits per heavy atom. The first-order chi connectivity index (χ1) is 15.0. The van der Waals surface area contributed by atoms with Gasteiger partial charge in [-0.25, -0.2) is 4.98 Å². The summed E-state index contributed by atoms with van der Waals surface area (Å²) in [6, 6.07) is 27.5. The molecule has 31 heavy (non-hydrogen) atoms. The van der Waals surface area contributed by atoms with Gasteiger partial charge in [-0.3, -0.25) is 0 Å². The maximum absolute atomic E-state index is 5.98. The number of unbranched alkanes of at least 4 members (excludes halogenated alkanes) is 1. The highest BCUT2D eigenvalue weighted by atomic mass is 16.5. The van der Waals surface area contributed by atoms with Crippen LogP contribution in [-0.4, -0.2) is 16.2 Å². The molecule has 0 amide bonds. The van der Waals surface area contributed by atoms with Crippen molar-refractivity contribution in [1.29, 1.82) is 0 Å². The molecule has 0 radical (unpaired) electrons. The van der Waals surface area contributed by atoms with Crippen molar-refractivity contribution in [2.45, 2.75) is 52.0 Å². The normalized spacial score (nSPS) is 11.7. The van der Waals surface area contributed by atoms with Crippen molar-refractivity contribution in [3.8, 4) is 5.75 Å². The highest BCUT2D eigenvalue weighted by molar-refractivity contribution is 5.76. The number of imidazole rings is 1. The van der Waals surface area contributed by atoms with Gasteiger partial charge in [-0.15, -0.1) is 0 Å². The molecule has 0 spiro atoms. The lowest BCUT2D eigenvalue weighted by Gasteiger charge is -2.19. The third-order valence-corrected chi connectivity index (χ3v) is 5.70. The second-order valence-corrected chi connectivity index (χ2v) is 9.16. The predicted octanol–water partition coefficient (Wildman–Crippen LogP) is 6.78. The second kappa shape index (κ2) is 9.38. The molecule has 1 heterocycles. The van der Waals surface area contributed by atoms with E-state index in [1.807, 2.05) is 0 Å². The molecule has 4 rings (SSSR count). The molecule has 3 nitrogen and oxygen atoms in total. The first-order valence-corrected chi connectivity index (χ1v) is 11.2. The van der Waals surface area contributed by atoms with Crippen molar-refractivity contribution in [3.63, 3.8) is 0 Å². The van der Waals surface area contributed by atoms with Crippen LogP contribution < -0.4 is 4.74 Å². The Balaban J connectivity index is 1.36. The minimum atomic E-state index is 0.170. The van der Waals surface area contributed by atoms with Crippen LogP contribution in [0.5, 0.6) is 5.75 Å². The number of fused-ring (bicyclic) bond motifs is 1. The topological polar surface area (TPSA) is 27.1 Å². The molecule has 0 unspecified atom stereocenters. The summed E-state index contributed by atoms with van der Waals surface area (Å²) < 4.78 is 8.36. The molecule has 160 valence electrons. The van der Waals surface area contributed by atoms with E-state index in [1.54, 1.807) is 0 Å². The summed E-state index contributed by atoms with van der Waals surface area (Å²) in [5.41, 5.74) is 5.08. The highest BCUT2D eigenvalue weighted by Crippen LogP contribution is 2.24. The summed E-state index contributed by atoms with van der Waals surface area (Å²) in [4.78, 5) is 4.91. The smallest absolute Gasteiger partial charge is 0.119 e. The van der Waals surface area contributed by atoms with E-state index >= 15 is 0 Å². The van der Waals surface area contributed by atoms with E-state index < -0.39 is 0 Å². The Kier molecular flexibility index (Phi) is 6.41. The lowest BCUT2D eigenvalue weighted by atomic mass is 9.87. The highest BCUT2D eigenvalue weighted by Gasteiger charge is 2.13. The molecule has 0 N–H and O–H groups in total. The minimum absolute atomic E-state index is 0.170. The zero-order chi connectivity index (χ0) is 21.7. The molecule has 3 aromatic carbocycles. The number of rotatable bonds is 8. The van der Waals surface area contributed by atoms with E-state index in [2.05, 4.69) is 104 Å². The predicted molar refractivity (Wildman–Crippen MR) is 129 cm³/mol.